The number of benzene rings is 1. The monoisotopic (exact) mass is 436 g/mol. The molecule has 2 amide bonds. The molecular weight excluding hydrogens is 413 g/mol. The summed E-state index contributed by atoms with van der Waals surface area (Å²) in [5.74, 6) is -4.30. The van der Waals surface area contributed by atoms with E-state index in [9.17, 15) is 22.8 Å². The van der Waals surface area contributed by atoms with Crippen molar-refractivity contribution in [1.29, 1.82) is 0 Å². The first-order chi connectivity index (χ1) is 14.2. The summed E-state index contributed by atoms with van der Waals surface area (Å²) < 4.78 is 39.3. The van der Waals surface area contributed by atoms with E-state index in [0.717, 1.165) is 22.4 Å². The zero-order valence-electron chi connectivity index (χ0n) is 16.6. The Kier molecular flexibility index (Phi) is 5.61. The molecule has 160 valence electrons. The van der Waals surface area contributed by atoms with Gasteiger partial charge in [-0.3, -0.25) is 9.59 Å². The molecule has 1 aliphatic heterocycles. The van der Waals surface area contributed by atoms with Crippen LogP contribution in [0.2, 0.25) is 0 Å². The van der Waals surface area contributed by atoms with E-state index in [0.29, 0.717) is 6.54 Å². The summed E-state index contributed by atoms with van der Waals surface area (Å²) in [6.45, 7) is 2.68. The van der Waals surface area contributed by atoms with E-state index < -0.39 is 30.6 Å². The van der Waals surface area contributed by atoms with E-state index in [1.54, 1.807) is 28.4 Å². The van der Waals surface area contributed by atoms with Crippen LogP contribution in [-0.4, -0.2) is 35.7 Å². The number of halogens is 3. The Labute approximate surface area is 177 Å². The molecule has 0 saturated heterocycles. The van der Waals surface area contributed by atoms with Crippen molar-refractivity contribution in [2.45, 2.75) is 44.6 Å². The third-order valence-corrected chi connectivity index (χ3v) is 6.88. The summed E-state index contributed by atoms with van der Waals surface area (Å²) in [4.78, 5) is 29.1. The minimum absolute atomic E-state index is 0.0883. The van der Waals surface area contributed by atoms with E-state index in [1.165, 1.54) is 17.0 Å². The number of rotatable bonds is 5. The van der Waals surface area contributed by atoms with Crippen molar-refractivity contribution in [3.8, 4) is 0 Å². The first-order valence-electron chi connectivity index (χ1n) is 10.0. The molecule has 1 aliphatic carbocycles. The van der Waals surface area contributed by atoms with Gasteiger partial charge >= 0.3 is 0 Å². The van der Waals surface area contributed by atoms with Gasteiger partial charge in [0.15, 0.2) is 0 Å². The van der Waals surface area contributed by atoms with Gasteiger partial charge in [-0.25, -0.2) is 13.2 Å². The Morgan fingerprint density at radius 3 is 2.60 bits per heavy atom. The number of nitrogens with zero attached hydrogens (tertiary/aromatic N) is 1. The molecule has 4 nitrogen and oxygen atoms in total. The third-order valence-electron chi connectivity index (χ3n) is 5.76. The lowest BCUT2D eigenvalue weighted by atomic mass is 9.81. The average Bonchev–Trinajstić information content (AvgIpc) is 3.06. The molecule has 2 heterocycles. The number of hydrogen-bond donors (Lipinski definition) is 1. The predicted octanol–water partition coefficient (Wildman–Crippen LogP) is 4.22. The maximum absolute atomic E-state index is 13.4. The lowest BCUT2D eigenvalue weighted by Gasteiger charge is -2.36. The Bertz CT molecular complexity index is 950. The highest BCUT2D eigenvalue weighted by molar-refractivity contribution is 7.12. The molecule has 0 spiro atoms. The van der Waals surface area contributed by atoms with Crippen molar-refractivity contribution in [3.63, 3.8) is 0 Å². The van der Waals surface area contributed by atoms with Crippen molar-refractivity contribution >= 4 is 23.2 Å². The predicted molar refractivity (Wildman–Crippen MR) is 108 cm³/mol. The largest absolute Gasteiger partial charge is 0.355 e. The van der Waals surface area contributed by atoms with E-state index in [-0.39, 0.29) is 30.7 Å². The second-order valence-corrected chi connectivity index (χ2v) is 9.37. The summed E-state index contributed by atoms with van der Waals surface area (Å²) >= 11 is 1.71. The second kappa shape index (κ2) is 8.06. The maximum Gasteiger partial charge on any atom is 0.249 e. The molecule has 1 aromatic carbocycles. The first kappa shape index (κ1) is 20.9. The van der Waals surface area contributed by atoms with Crippen LogP contribution in [0.25, 0.3) is 0 Å². The van der Waals surface area contributed by atoms with Crippen LogP contribution in [-0.2, 0) is 16.0 Å². The number of nitrogens with one attached hydrogen (secondary N) is 1. The standard InChI is InChI=1S/C22H23F3N2O2S/c1-13-10-17-18(30-13)7-9-27(20(17)14-2-4-16(23)5-3-14)19(28)6-8-26-21(29)15-11-22(24,25)12-15/h2-5,10,15,20H,6-9,11-12H2,1H3,(H,26,29)/t20-/m1/s1. The van der Waals surface area contributed by atoms with Gasteiger partial charge < -0.3 is 10.2 Å². The number of carbonyl (C=O) groups is 2. The summed E-state index contributed by atoms with van der Waals surface area (Å²) in [6, 6.07) is 7.95. The van der Waals surface area contributed by atoms with Crippen LogP contribution in [0, 0.1) is 18.7 Å². The second-order valence-electron chi connectivity index (χ2n) is 8.03. The molecule has 2 aromatic rings. The van der Waals surface area contributed by atoms with Gasteiger partial charge in [0, 0.05) is 48.0 Å². The minimum atomic E-state index is -2.75. The van der Waals surface area contributed by atoms with Gasteiger partial charge in [-0.2, -0.15) is 0 Å². The molecule has 1 fully saturated rings. The molecule has 8 heteroatoms. The SMILES string of the molecule is Cc1cc2c(s1)CCN(C(=O)CCNC(=O)C1CC(F)(F)C1)[C@@H]2c1ccc(F)cc1. The fourth-order valence-corrected chi connectivity index (χ4v) is 5.28. The molecular formula is C22H23F3N2O2S. The first-order valence-corrected chi connectivity index (χ1v) is 10.8. The van der Waals surface area contributed by atoms with Gasteiger partial charge in [-0.1, -0.05) is 12.1 Å². The fraction of sp³-hybridized carbons (Fsp3) is 0.455. The van der Waals surface area contributed by atoms with Crippen molar-refractivity contribution in [1.82, 2.24) is 10.2 Å². The minimum Gasteiger partial charge on any atom is -0.355 e. The highest BCUT2D eigenvalue weighted by atomic mass is 32.1. The highest BCUT2D eigenvalue weighted by Crippen LogP contribution is 2.42. The molecule has 0 radical (unpaired) electrons. The summed E-state index contributed by atoms with van der Waals surface area (Å²) in [5, 5.41) is 2.61. The number of carbonyl (C=O) groups excluding carboxylic acids is 2. The van der Waals surface area contributed by atoms with Gasteiger partial charge in [-0.15, -0.1) is 11.3 Å². The lowest BCUT2D eigenvalue weighted by molar-refractivity contribution is -0.150. The van der Waals surface area contributed by atoms with E-state index in [4.69, 9.17) is 0 Å². The van der Waals surface area contributed by atoms with Crippen LogP contribution >= 0.6 is 11.3 Å². The average molecular weight is 436 g/mol. The smallest absolute Gasteiger partial charge is 0.249 e. The topological polar surface area (TPSA) is 49.4 Å². The van der Waals surface area contributed by atoms with Gasteiger partial charge in [0.1, 0.15) is 5.82 Å². The highest BCUT2D eigenvalue weighted by Gasteiger charge is 2.48. The van der Waals surface area contributed by atoms with E-state index >= 15 is 0 Å². The quantitative estimate of drug-likeness (QED) is 0.763. The summed E-state index contributed by atoms with van der Waals surface area (Å²) in [7, 11) is 0. The van der Waals surface area contributed by atoms with Crippen LogP contribution in [0.3, 0.4) is 0 Å². The molecule has 4 rings (SSSR count). The fourth-order valence-electron chi connectivity index (χ4n) is 4.23. The maximum atomic E-state index is 13.4. The van der Waals surface area contributed by atoms with E-state index in [1.807, 2.05) is 6.92 Å². The Hall–Kier alpha value is -2.35. The Morgan fingerprint density at radius 1 is 1.23 bits per heavy atom. The van der Waals surface area contributed by atoms with Crippen LogP contribution in [0.1, 0.15) is 46.2 Å². The van der Waals surface area contributed by atoms with Crippen molar-refractivity contribution in [2.75, 3.05) is 13.1 Å². The molecule has 1 N–H and O–H groups in total. The molecule has 0 unspecified atom stereocenters. The zero-order chi connectivity index (χ0) is 21.5. The van der Waals surface area contributed by atoms with Gasteiger partial charge in [0.25, 0.3) is 0 Å². The Morgan fingerprint density at radius 2 is 1.93 bits per heavy atom. The molecule has 2 aliphatic rings. The Balaban J connectivity index is 1.44. The van der Waals surface area contributed by atoms with Crippen molar-refractivity contribution in [2.24, 2.45) is 5.92 Å². The lowest BCUT2D eigenvalue weighted by Crippen LogP contribution is -2.46. The van der Waals surface area contributed by atoms with Crippen molar-refractivity contribution in [3.05, 3.63) is 57.0 Å². The summed E-state index contributed by atoms with van der Waals surface area (Å²) in [5.41, 5.74) is 1.90. The van der Waals surface area contributed by atoms with Crippen LogP contribution in [0.15, 0.2) is 30.3 Å². The number of fused-ring (bicyclic) bond motifs is 1. The number of amides is 2. The van der Waals surface area contributed by atoms with Crippen LogP contribution in [0.5, 0.6) is 0 Å². The van der Waals surface area contributed by atoms with E-state index in [2.05, 4.69) is 11.4 Å². The third kappa shape index (κ3) is 4.24. The van der Waals surface area contributed by atoms with Crippen molar-refractivity contribution < 1.29 is 22.8 Å². The normalized spacial score (nSPS) is 20.4. The van der Waals surface area contributed by atoms with Gasteiger partial charge in [0.2, 0.25) is 17.7 Å². The number of thiophene rings is 1. The molecule has 30 heavy (non-hydrogen) atoms. The van der Waals surface area contributed by atoms with Gasteiger partial charge in [0.05, 0.1) is 6.04 Å². The molecule has 1 saturated carbocycles. The molecule has 0 bridgehead atoms. The molecule has 1 atom stereocenters. The zero-order valence-corrected chi connectivity index (χ0v) is 17.4. The number of aryl methyl sites for hydroxylation is 1. The summed E-state index contributed by atoms with van der Waals surface area (Å²) in [6.07, 6.45) is -0.0105. The van der Waals surface area contributed by atoms with Crippen LogP contribution < -0.4 is 5.32 Å². The number of hydrogen-bond acceptors (Lipinski definition) is 3. The van der Waals surface area contributed by atoms with Crippen LogP contribution in [0.4, 0.5) is 13.2 Å². The van der Waals surface area contributed by atoms with Gasteiger partial charge in [-0.05, 0) is 42.7 Å². The molecule has 1 aromatic heterocycles. The number of alkyl halides is 2.